The van der Waals surface area contributed by atoms with Gasteiger partial charge in [0.25, 0.3) is 12.4 Å². The summed E-state index contributed by atoms with van der Waals surface area (Å²) in [5.74, 6) is -0.323. The fraction of sp³-hybridized carbons (Fsp3) is 0.211. The summed E-state index contributed by atoms with van der Waals surface area (Å²) < 4.78 is 0. The van der Waals surface area contributed by atoms with Crippen molar-refractivity contribution >= 4 is 41.5 Å². The molecule has 1 aliphatic heterocycles. The van der Waals surface area contributed by atoms with Crippen LogP contribution in [0.2, 0.25) is 5.15 Å². The molecule has 0 unspecified atom stereocenters. The molecule has 2 heterocycles. The van der Waals surface area contributed by atoms with Gasteiger partial charge in [0.1, 0.15) is 10.8 Å². The standard InChI is InChI=1S/C18H18ClN5O2.CH2O2/c1-18(10-15(25)24(2)17(20)23-18)11-5-3-6-12(9-11)21-16(26)13-7-4-8-14(19)22-13;2-1-3/h3-9H,10H2,1-2H3,(H2,20,23)(H,21,26);1H,(H,2,3)/t18-;/m0./s1. The first-order chi connectivity index (χ1) is 13.7. The zero-order valence-electron chi connectivity index (χ0n) is 15.8. The Hall–Kier alpha value is -3.46. The van der Waals surface area contributed by atoms with E-state index in [1.165, 1.54) is 4.90 Å². The van der Waals surface area contributed by atoms with E-state index in [4.69, 9.17) is 27.2 Å². The summed E-state index contributed by atoms with van der Waals surface area (Å²) in [5.41, 5.74) is 6.62. The Morgan fingerprint density at radius 2 is 2.00 bits per heavy atom. The van der Waals surface area contributed by atoms with Crippen LogP contribution < -0.4 is 11.1 Å². The number of anilines is 1. The third kappa shape index (κ3) is 5.29. The maximum atomic E-state index is 12.3. The summed E-state index contributed by atoms with van der Waals surface area (Å²) >= 11 is 5.82. The highest BCUT2D eigenvalue weighted by Crippen LogP contribution is 2.34. The largest absolute Gasteiger partial charge is 0.483 e. The fourth-order valence-electron chi connectivity index (χ4n) is 2.74. The van der Waals surface area contributed by atoms with Gasteiger partial charge in [-0.1, -0.05) is 29.8 Å². The van der Waals surface area contributed by atoms with Crippen LogP contribution >= 0.6 is 11.6 Å². The highest BCUT2D eigenvalue weighted by Gasteiger charge is 2.36. The average Bonchev–Trinajstić information content (AvgIpc) is 2.67. The number of guanidine groups is 1. The summed E-state index contributed by atoms with van der Waals surface area (Å²) in [4.78, 5) is 42.6. The summed E-state index contributed by atoms with van der Waals surface area (Å²) in [7, 11) is 1.59. The quantitative estimate of drug-likeness (QED) is 0.516. The molecule has 0 fully saturated rings. The Morgan fingerprint density at radius 3 is 2.62 bits per heavy atom. The lowest BCUT2D eigenvalue weighted by Crippen LogP contribution is -2.47. The van der Waals surface area contributed by atoms with Crippen LogP contribution in [-0.4, -0.2) is 46.3 Å². The highest BCUT2D eigenvalue weighted by atomic mass is 35.5. The minimum Gasteiger partial charge on any atom is -0.483 e. The zero-order chi connectivity index (χ0) is 21.6. The molecule has 1 aromatic carbocycles. The van der Waals surface area contributed by atoms with Gasteiger partial charge in [-0.25, -0.2) is 9.98 Å². The van der Waals surface area contributed by atoms with Crippen LogP contribution in [0.15, 0.2) is 47.5 Å². The molecule has 152 valence electrons. The first-order valence-electron chi connectivity index (χ1n) is 8.44. The third-order valence-electron chi connectivity index (χ3n) is 4.26. The van der Waals surface area contributed by atoms with Gasteiger partial charge >= 0.3 is 0 Å². The van der Waals surface area contributed by atoms with Crippen molar-refractivity contribution in [2.75, 3.05) is 12.4 Å². The number of nitrogens with two attached hydrogens (primary N) is 1. The van der Waals surface area contributed by atoms with Gasteiger partial charge in [0, 0.05) is 12.7 Å². The molecule has 1 aliphatic rings. The summed E-state index contributed by atoms with van der Waals surface area (Å²) in [5, 5.41) is 9.91. The van der Waals surface area contributed by atoms with E-state index in [2.05, 4.69) is 15.3 Å². The van der Waals surface area contributed by atoms with Crippen molar-refractivity contribution < 1.29 is 19.5 Å². The number of hydrogen-bond donors (Lipinski definition) is 3. The molecule has 3 rings (SSSR count). The van der Waals surface area contributed by atoms with Gasteiger partial charge in [-0.3, -0.25) is 19.3 Å². The van der Waals surface area contributed by atoms with Crippen molar-refractivity contribution in [3.05, 3.63) is 58.9 Å². The second-order valence-corrected chi connectivity index (χ2v) is 6.75. The summed E-state index contributed by atoms with van der Waals surface area (Å²) in [6.45, 7) is 1.59. The number of carboxylic acid groups (broad SMARTS) is 1. The Balaban J connectivity index is 0.000000941. The maximum absolute atomic E-state index is 12.3. The van der Waals surface area contributed by atoms with Crippen LogP contribution in [0.5, 0.6) is 0 Å². The normalized spacial score (nSPS) is 18.2. The first kappa shape index (κ1) is 21.8. The van der Waals surface area contributed by atoms with Crippen molar-refractivity contribution in [1.29, 1.82) is 0 Å². The molecular formula is C19H20ClN5O4. The van der Waals surface area contributed by atoms with Gasteiger partial charge in [0.15, 0.2) is 5.96 Å². The van der Waals surface area contributed by atoms with Gasteiger partial charge in [0.2, 0.25) is 5.91 Å². The molecule has 0 saturated heterocycles. The molecule has 29 heavy (non-hydrogen) atoms. The first-order valence-corrected chi connectivity index (χ1v) is 8.82. The van der Waals surface area contributed by atoms with Crippen LogP contribution in [0.3, 0.4) is 0 Å². The number of aromatic nitrogens is 1. The second kappa shape index (κ2) is 9.16. The molecule has 0 bridgehead atoms. The predicted octanol–water partition coefficient (Wildman–Crippen LogP) is 2.08. The van der Waals surface area contributed by atoms with Crippen molar-refractivity contribution in [3.8, 4) is 0 Å². The molecule has 9 nitrogen and oxygen atoms in total. The van der Waals surface area contributed by atoms with Crippen molar-refractivity contribution in [2.24, 2.45) is 10.7 Å². The van der Waals surface area contributed by atoms with Crippen LogP contribution in [0, 0.1) is 0 Å². The Labute approximate surface area is 172 Å². The van der Waals surface area contributed by atoms with E-state index in [9.17, 15) is 9.59 Å². The van der Waals surface area contributed by atoms with Crippen LogP contribution in [0.1, 0.15) is 29.4 Å². The number of aliphatic imine (C=N–C) groups is 1. The number of rotatable bonds is 3. The number of carbonyl (C=O) groups is 3. The van der Waals surface area contributed by atoms with E-state index in [1.54, 1.807) is 43.4 Å². The number of nitrogens with one attached hydrogen (secondary N) is 1. The molecule has 0 radical (unpaired) electrons. The lowest BCUT2D eigenvalue weighted by atomic mass is 9.87. The molecule has 1 atom stereocenters. The van der Waals surface area contributed by atoms with E-state index in [1.807, 2.05) is 13.0 Å². The lowest BCUT2D eigenvalue weighted by Gasteiger charge is -2.33. The van der Waals surface area contributed by atoms with Crippen LogP contribution in [0.4, 0.5) is 5.69 Å². The average molecular weight is 418 g/mol. The van der Waals surface area contributed by atoms with Gasteiger partial charge in [-0.15, -0.1) is 0 Å². The number of nitrogens with zero attached hydrogens (tertiary/aromatic N) is 3. The topological polar surface area (TPSA) is 138 Å². The molecule has 2 amide bonds. The van der Waals surface area contributed by atoms with E-state index in [0.717, 1.165) is 5.56 Å². The third-order valence-corrected chi connectivity index (χ3v) is 4.48. The van der Waals surface area contributed by atoms with Crippen LogP contribution in [-0.2, 0) is 15.1 Å². The molecular weight excluding hydrogens is 398 g/mol. The van der Waals surface area contributed by atoms with Crippen molar-refractivity contribution in [1.82, 2.24) is 9.88 Å². The molecule has 1 aromatic heterocycles. The summed E-state index contributed by atoms with van der Waals surface area (Å²) in [6.07, 6.45) is 0.192. The van der Waals surface area contributed by atoms with Gasteiger partial charge in [-0.05, 0) is 36.8 Å². The smallest absolute Gasteiger partial charge is 0.290 e. The van der Waals surface area contributed by atoms with E-state index in [-0.39, 0.29) is 41.5 Å². The van der Waals surface area contributed by atoms with Gasteiger partial charge in [-0.2, -0.15) is 0 Å². The Bertz CT molecular complexity index is 965. The number of amides is 2. The van der Waals surface area contributed by atoms with E-state index in [0.29, 0.717) is 5.69 Å². The molecule has 4 N–H and O–H groups in total. The minimum atomic E-state index is -0.789. The maximum Gasteiger partial charge on any atom is 0.290 e. The van der Waals surface area contributed by atoms with E-state index >= 15 is 0 Å². The van der Waals surface area contributed by atoms with Gasteiger partial charge < -0.3 is 16.2 Å². The Kier molecular flexibility index (Phi) is 6.89. The van der Waals surface area contributed by atoms with Crippen molar-refractivity contribution in [2.45, 2.75) is 18.9 Å². The monoisotopic (exact) mass is 417 g/mol. The molecule has 0 spiro atoms. The number of halogens is 1. The SMILES string of the molecule is CN1C(=O)C[C@@](C)(c2cccc(NC(=O)c3cccc(Cl)n3)c2)N=C1N.O=CO. The number of pyridine rings is 1. The summed E-state index contributed by atoms with van der Waals surface area (Å²) in [6, 6.07) is 12.0. The molecule has 10 heteroatoms. The van der Waals surface area contributed by atoms with Crippen molar-refractivity contribution in [3.63, 3.8) is 0 Å². The second-order valence-electron chi connectivity index (χ2n) is 6.36. The lowest BCUT2D eigenvalue weighted by molar-refractivity contribution is -0.128. The minimum absolute atomic E-state index is 0.113. The molecule has 2 aromatic rings. The number of hydrogen-bond acceptors (Lipinski definition) is 6. The predicted molar refractivity (Wildman–Crippen MR) is 109 cm³/mol. The number of benzene rings is 1. The van der Waals surface area contributed by atoms with Gasteiger partial charge in [0.05, 0.1) is 12.0 Å². The molecule has 0 aliphatic carbocycles. The fourth-order valence-corrected chi connectivity index (χ4v) is 2.90. The highest BCUT2D eigenvalue weighted by molar-refractivity contribution is 6.29. The molecule has 0 saturated carbocycles. The zero-order valence-corrected chi connectivity index (χ0v) is 16.6. The van der Waals surface area contributed by atoms with Crippen LogP contribution in [0.25, 0.3) is 0 Å². The number of carbonyl (C=O) groups excluding carboxylic acids is 2. The van der Waals surface area contributed by atoms with E-state index < -0.39 is 5.54 Å². The Morgan fingerprint density at radius 1 is 1.34 bits per heavy atom.